The van der Waals surface area contributed by atoms with Gasteiger partial charge in [-0.15, -0.1) is 11.3 Å². The normalized spacial score (nSPS) is 19.0. The number of rotatable bonds is 3. The third-order valence-electron chi connectivity index (χ3n) is 3.54. The smallest absolute Gasteiger partial charge is 0.123 e. The summed E-state index contributed by atoms with van der Waals surface area (Å²) in [4.78, 5) is 1.24. The fourth-order valence-corrected chi connectivity index (χ4v) is 3.92. The molecule has 0 saturated heterocycles. The van der Waals surface area contributed by atoms with Crippen molar-refractivity contribution in [3.63, 3.8) is 0 Å². The number of ether oxygens (including phenoxy) is 1. The van der Waals surface area contributed by atoms with Gasteiger partial charge in [0.05, 0.1) is 10.4 Å². The predicted molar refractivity (Wildman–Crippen MR) is 80.4 cm³/mol. The van der Waals surface area contributed by atoms with Crippen molar-refractivity contribution in [2.24, 2.45) is 0 Å². The third kappa shape index (κ3) is 2.38. The molecular formula is C15H16ClNOS. The summed E-state index contributed by atoms with van der Waals surface area (Å²) in [6.07, 6.45) is 1.08. The molecule has 2 atom stereocenters. The number of fused-ring (bicyclic) bond motifs is 1. The van der Waals surface area contributed by atoms with Crippen LogP contribution in [0.1, 0.15) is 22.0 Å². The van der Waals surface area contributed by atoms with E-state index in [4.69, 9.17) is 16.3 Å². The Morgan fingerprint density at radius 3 is 2.84 bits per heavy atom. The SMILES string of the molecule is CNC(c1cc(C)c(Cl)s1)C1Cc2ccccc2O1. The van der Waals surface area contributed by atoms with Crippen LogP contribution in [0.15, 0.2) is 30.3 Å². The van der Waals surface area contributed by atoms with Crippen molar-refractivity contribution in [2.45, 2.75) is 25.5 Å². The number of nitrogens with one attached hydrogen (secondary N) is 1. The minimum Gasteiger partial charge on any atom is -0.488 e. The second-order valence-corrected chi connectivity index (χ2v) is 6.53. The highest BCUT2D eigenvalue weighted by Gasteiger charge is 2.31. The number of likely N-dealkylation sites (N-methyl/N-ethyl adjacent to an activating group) is 1. The summed E-state index contributed by atoms with van der Waals surface area (Å²) in [5.41, 5.74) is 2.42. The van der Waals surface area contributed by atoms with Gasteiger partial charge in [-0.2, -0.15) is 0 Å². The number of aryl methyl sites for hydroxylation is 1. The zero-order valence-electron chi connectivity index (χ0n) is 10.9. The average molecular weight is 294 g/mol. The van der Waals surface area contributed by atoms with Gasteiger partial charge in [-0.25, -0.2) is 0 Å². The largest absolute Gasteiger partial charge is 0.488 e. The summed E-state index contributed by atoms with van der Waals surface area (Å²) in [5, 5.41) is 3.36. The molecule has 0 spiro atoms. The zero-order chi connectivity index (χ0) is 13.4. The van der Waals surface area contributed by atoms with Gasteiger partial charge in [0.1, 0.15) is 11.9 Å². The Morgan fingerprint density at radius 2 is 2.21 bits per heavy atom. The Bertz CT molecular complexity index is 551. The topological polar surface area (TPSA) is 21.3 Å². The summed E-state index contributed by atoms with van der Waals surface area (Å²) in [6.45, 7) is 2.04. The highest BCUT2D eigenvalue weighted by molar-refractivity contribution is 7.16. The Hall–Kier alpha value is -1.03. The third-order valence-corrected chi connectivity index (χ3v) is 5.18. The maximum atomic E-state index is 6.18. The lowest BCUT2D eigenvalue weighted by molar-refractivity contribution is 0.185. The molecule has 1 aliphatic rings. The van der Waals surface area contributed by atoms with Crippen LogP contribution in [0.4, 0.5) is 0 Å². The highest BCUT2D eigenvalue weighted by Crippen LogP contribution is 2.38. The van der Waals surface area contributed by atoms with E-state index < -0.39 is 0 Å². The van der Waals surface area contributed by atoms with E-state index in [-0.39, 0.29) is 12.1 Å². The number of halogens is 1. The van der Waals surface area contributed by atoms with E-state index in [1.807, 2.05) is 26.1 Å². The predicted octanol–water partition coefficient (Wildman–Crippen LogP) is 3.97. The van der Waals surface area contributed by atoms with Crippen LogP contribution in [0, 0.1) is 6.92 Å². The van der Waals surface area contributed by atoms with Crippen molar-refractivity contribution >= 4 is 22.9 Å². The fourth-order valence-electron chi connectivity index (χ4n) is 2.54. The van der Waals surface area contributed by atoms with Gasteiger partial charge in [0.25, 0.3) is 0 Å². The molecule has 1 aromatic carbocycles. The second-order valence-electron chi connectivity index (χ2n) is 4.84. The van der Waals surface area contributed by atoms with E-state index in [0.717, 1.165) is 22.1 Å². The van der Waals surface area contributed by atoms with Crippen LogP contribution in [-0.4, -0.2) is 13.2 Å². The molecule has 1 N–H and O–H groups in total. The lowest BCUT2D eigenvalue weighted by Gasteiger charge is -2.21. The van der Waals surface area contributed by atoms with Crippen LogP contribution in [0.25, 0.3) is 0 Å². The first kappa shape index (κ1) is 13.0. The first-order chi connectivity index (χ1) is 9.19. The Morgan fingerprint density at radius 1 is 1.42 bits per heavy atom. The van der Waals surface area contributed by atoms with Crippen LogP contribution in [0.3, 0.4) is 0 Å². The number of hydrogen-bond donors (Lipinski definition) is 1. The van der Waals surface area contributed by atoms with Gasteiger partial charge < -0.3 is 10.1 Å². The lowest BCUT2D eigenvalue weighted by Crippen LogP contribution is -2.32. The molecule has 19 heavy (non-hydrogen) atoms. The number of para-hydroxylation sites is 1. The van der Waals surface area contributed by atoms with Gasteiger partial charge in [0.15, 0.2) is 0 Å². The summed E-state index contributed by atoms with van der Waals surface area (Å²) in [6, 6.07) is 10.6. The zero-order valence-corrected chi connectivity index (χ0v) is 12.5. The van der Waals surface area contributed by atoms with Crippen LogP contribution in [0.2, 0.25) is 4.34 Å². The summed E-state index contributed by atoms with van der Waals surface area (Å²) < 4.78 is 6.93. The van der Waals surface area contributed by atoms with Crippen molar-refractivity contribution in [1.29, 1.82) is 0 Å². The van der Waals surface area contributed by atoms with Crippen molar-refractivity contribution in [2.75, 3.05) is 7.05 Å². The van der Waals surface area contributed by atoms with Crippen LogP contribution in [0.5, 0.6) is 5.75 Å². The first-order valence-corrected chi connectivity index (χ1v) is 7.56. The molecule has 4 heteroatoms. The molecule has 2 heterocycles. The minimum absolute atomic E-state index is 0.136. The number of thiophene rings is 1. The van der Waals surface area contributed by atoms with Crippen molar-refractivity contribution in [1.82, 2.24) is 5.32 Å². The maximum absolute atomic E-state index is 6.18. The molecule has 2 unspecified atom stereocenters. The maximum Gasteiger partial charge on any atom is 0.123 e. The van der Waals surface area contributed by atoms with Gasteiger partial charge in [-0.1, -0.05) is 29.8 Å². The van der Waals surface area contributed by atoms with Gasteiger partial charge >= 0.3 is 0 Å². The Labute approximate surface area is 122 Å². The minimum atomic E-state index is 0.136. The van der Waals surface area contributed by atoms with E-state index in [0.29, 0.717) is 0 Å². The second kappa shape index (κ2) is 5.16. The first-order valence-electron chi connectivity index (χ1n) is 6.36. The molecule has 0 bridgehead atoms. The molecule has 0 saturated carbocycles. The van der Waals surface area contributed by atoms with Crippen LogP contribution >= 0.6 is 22.9 Å². The molecule has 2 nitrogen and oxygen atoms in total. The van der Waals surface area contributed by atoms with Gasteiger partial charge in [0, 0.05) is 11.3 Å². The fraction of sp³-hybridized carbons (Fsp3) is 0.333. The van der Waals surface area contributed by atoms with E-state index >= 15 is 0 Å². The molecule has 100 valence electrons. The van der Waals surface area contributed by atoms with Crippen LogP contribution < -0.4 is 10.1 Å². The molecule has 0 fully saturated rings. The quantitative estimate of drug-likeness (QED) is 0.924. The number of benzene rings is 1. The van der Waals surface area contributed by atoms with Gasteiger partial charge in [-0.3, -0.25) is 0 Å². The highest BCUT2D eigenvalue weighted by atomic mass is 35.5. The van der Waals surface area contributed by atoms with Gasteiger partial charge in [0.2, 0.25) is 0 Å². The van der Waals surface area contributed by atoms with Crippen molar-refractivity contribution < 1.29 is 4.74 Å². The van der Waals surface area contributed by atoms with Crippen molar-refractivity contribution in [3.05, 3.63) is 50.7 Å². The van der Waals surface area contributed by atoms with E-state index in [1.165, 1.54) is 10.4 Å². The van der Waals surface area contributed by atoms with E-state index in [9.17, 15) is 0 Å². The summed E-state index contributed by atoms with van der Waals surface area (Å²) >= 11 is 7.81. The van der Waals surface area contributed by atoms with Gasteiger partial charge in [-0.05, 0) is 37.2 Å². The number of hydrogen-bond acceptors (Lipinski definition) is 3. The summed E-state index contributed by atoms with van der Waals surface area (Å²) in [5.74, 6) is 1.01. The molecule has 1 aliphatic heterocycles. The molecular weight excluding hydrogens is 278 g/mol. The standard InChI is InChI=1S/C15H16ClNOS/c1-9-7-13(19-15(9)16)14(17-2)12-8-10-5-3-4-6-11(10)18-12/h3-7,12,14,17H,8H2,1-2H3. The van der Waals surface area contributed by atoms with E-state index in [1.54, 1.807) is 11.3 Å². The van der Waals surface area contributed by atoms with Crippen molar-refractivity contribution in [3.8, 4) is 5.75 Å². The van der Waals surface area contributed by atoms with E-state index in [2.05, 4.69) is 23.5 Å². The summed E-state index contributed by atoms with van der Waals surface area (Å²) in [7, 11) is 1.97. The van der Waals surface area contributed by atoms with Crippen LogP contribution in [-0.2, 0) is 6.42 Å². The molecule has 2 aromatic rings. The molecule has 0 amide bonds. The lowest BCUT2D eigenvalue weighted by atomic mass is 10.0. The average Bonchev–Trinajstić information content (AvgIpc) is 2.95. The molecule has 1 aromatic heterocycles. The monoisotopic (exact) mass is 293 g/mol. The molecule has 0 aliphatic carbocycles. The molecule has 0 radical (unpaired) electrons. The molecule has 3 rings (SSSR count). The Kier molecular flexibility index (Phi) is 3.52. The Balaban J connectivity index is 1.85.